The van der Waals surface area contributed by atoms with E-state index in [-0.39, 0.29) is 0 Å². The number of thiophene rings is 1. The molecule has 0 aliphatic carbocycles. The van der Waals surface area contributed by atoms with E-state index < -0.39 is 0 Å². The van der Waals surface area contributed by atoms with E-state index in [0.717, 1.165) is 28.8 Å². The number of rotatable bonds is 4. The number of hydrogen-bond donors (Lipinski definition) is 3. The number of nitrogens with two attached hydrogens (primary N) is 2. The van der Waals surface area contributed by atoms with Gasteiger partial charge in [-0.3, -0.25) is 0 Å². The van der Waals surface area contributed by atoms with E-state index in [9.17, 15) is 0 Å². The number of piperidine rings is 1. The van der Waals surface area contributed by atoms with E-state index in [4.69, 9.17) is 16.6 Å². The molecule has 1 aromatic carbocycles. The van der Waals surface area contributed by atoms with Crippen LogP contribution in [0.3, 0.4) is 0 Å². The predicted molar refractivity (Wildman–Crippen MR) is 111 cm³/mol. The van der Waals surface area contributed by atoms with Crippen LogP contribution in [0, 0.1) is 0 Å². The lowest BCUT2D eigenvalue weighted by Crippen LogP contribution is -2.40. The summed E-state index contributed by atoms with van der Waals surface area (Å²) in [4.78, 5) is 7.34. The first-order valence-electron chi connectivity index (χ1n) is 8.96. The van der Waals surface area contributed by atoms with Gasteiger partial charge < -0.3 is 21.8 Å². The summed E-state index contributed by atoms with van der Waals surface area (Å²) in [5, 5.41) is 11.6. The highest BCUT2D eigenvalue weighted by atomic mass is 32.1. The van der Waals surface area contributed by atoms with Gasteiger partial charge in [0.05, 0.1) is 10.2 Å². The van der Waals surface area contributed by atoms with Gasteiger partial charge in [-0.05, 0) is 43.9 Å². The Balaban J connectivity index is 1.71. The van der Waals surface area contributed by atoms with Crippen LogP contribution in [0.1, 0.15) is 24.8 Å². The molecule has 26 heavy (non-hydrogen) atoms. The van der Waals surface area contributed by atoms with Gasteiger partial charge in [-0.25, -0.2) is 4.98 Å². The molecule has 0 saturated carbocycles. The van der Waals surface area contributed by atoms with Crippen LogP contribution in [-0.2, 0) is 0 Å². The molecule has 0 radical (unpaired) electrons. The van der Waals surface area contributed by atoms with E-state index in [1.165, 1.54) is 35.9 Å². The monoisotopic (exact) mass is 368 g/mol. The van der Waals surface area contributed by atoms with Crippen molar-refractivity contribution in [2.45, 2.75) is 25.3 Å². The summed E-state index contributed by atoms with van der Waals surface area (Å²) in [5.74, 6) is 6.59. The third-order valence-electron chi connectivity index (χ3n) is 5.26. The SMILES string of the molecule is CN1CCCCC1CNc1nc2cc(/C(N)=N/N)ccc2c2ccsc12. The lowest BCUT2D eigenvalue weighted by molar-refractivity contribution is 0.194. The summed E-state index contributed by atoms with van der Waals surface area (Å²) in [5.41, 5.74) is 7.56. The van der Waals surface area contributed by atoms with Crippen LogP contribution in [0.4, 0.5) is 5.82 Å². The standard InChI is InChI=1S/C19H24N6S/c1-25-8-3-2-4-13(25)11-22-19-17-15(7-9-26-17)14-6-5-12(18(20)24-21)10-16(14)23-19/h5-7,9-10,13H,2-4,8,11,21H2,1H3,(H2,20,24)(H,22,23). The first-order valence-corrected chi connectivity index (χ1v) is 9.84. The van der Waals surface area contributed by atoms with Crippen molar-refractivity contribution in [1.29, 1.82) is 0 Å². The minimum atomic E-state index is 0.317. The fourth-order valence-corrected chi connectivity index (χ4v) is 4.57. The average molecular weight is 369 g/mol. The Bertz CT molecular complexity index is 963. The molecule has 0 amide bonds. The van der Waals surface area contributed by atoms with Crippen LogP contribution in [0.2, 0.25) is 0 Å². The number of nitrogens with zero attached hydrogens (tertiary/aromatic N) is 3. The summed E-state index contributed by atoms with van der Waals surface area (Å²) in [7, 11) is 2.21. The van der Waals surface area contributed by atoms with E-state index in [1.54, 1.807) is 11.3 Å². The van der Waals surface area contributed by atoms with Crippen molar-refractivity contribution in [3.8, 4) is 0 Å². The molecular formula is C19H24N6S. The largest absolute Gasteiger partial charge is 0.382 e. The summed E-state index contributed by atoms with van der Waals surface area (Å²) < 4.78 is 1.20. The summed E-state index contributed by atoms with van der Waals surface area (Å²) >= 11 is 1.72. The number of likely N-dealkylation sites (N-methyl/N-ethyl adjacent to an activating group) is 1. The third-order valence-corrected chi connectivity index (χ3v) is 6.18. The molecule has 1 atom stereocenters. The van der Waals surface area contributed by atoms with Crippen LogP contribution in [0.5, 0.6) is 0 Å². The number of amidine groups is 1. The van der Waals surface area contributed by atoms with Crippen LogP contribution < -0.4 is 16.9 Å². The van der Waals surface area contributed by atoms with Gasteiger partial charge in [0.2, 0.25) is 0 Å². The summed E-state index contributed by atoms with van der Waals surface area (Å²) in [6.07, 6.45) is 3.83. The van der Waals surface area contributed by atoms with Crippen molar-refractivity contribution >= 4 is 44.0 Å². The lowest BCUT2D eigenvalue weighted by atomic mass is 10.0. The maximum absolute atomic E-state index is 5.87. The highest BCUT2D eigenvalue weighted by Crippen LogP contribution is 2.34. The minimum Gasteiger partial charge on any atom is -0.382 e. The molecule has 0 spiro atoms. The molecule has 3 aromatic rings. The van der Waals surface area contributed by atoms with Crippen LogP contribution in [0.15, 0.2) is 34.7 Å². The number of anilines is 1. The number of hydrogen-bond acceptors (Lipinski definition) is 6. The number of nitrogens with one attached hydrogen (secondary N) is 1. The van der Waals surface area contributed by atoms with Crippen molar-refractivity contribution in [2.24, 2.45) is 16.7 Å². The normalized spacial score (nSPS) is 19.3. The molecule has 1 aliphatic heterocycles. The van der Waals surface area contributed by atoms with Crippen molar-refractivity contribution in [1.82, 2.24) is 9.88 Å². The smallest absolute Gasteiger partial charge is 0.150 e. The molecule has 7 heteroatoms. The number of pyridine rings is 1. The van der Waals surface area contributed by atoms with Gasteiger partial charge in [0.15, 0.2) is 0 Å². The first kappa shape index (κ1) is 17.1. The zero-order chi connectivity index (χ0) is 18.1. The van der Waals surface area contributed by atoms with Gasteiger partial charge in [-0.15, -0.1) is 11.3 Å². The Kier molecular flexibility index (Phi) is 4.65. The Morgan fingerprint density at radius 1 is 1.35 bits per heavy atom. The molecular weight excluding hydrogens is 344 g/mol. The Labute approximate surface area is 156 Å². The van der Waals surface area contributed by atoms with E-state index in [0.29, 0.717) is 11.9 Å². The number of aromatic nitrogens is 1. The molecule has 136 valence electrons. The van der Waals surface area contributed by atoms with Gasteiger partial charge in [-0.1, -0.05) is 18.6 Å². The molecule has 4 rings (SSSR count). The molecule has 1 fully saturated rings. The van der Waals surface area contributed by atoms with Gasteiger partial charge >= 0.3 is 0 Å². The highest BCUT2D eigenvalue weighted by molar-refractivity contribution is 7.18. The maximum Gasteiger partial charge on any atom is 0.150 e. The Morgan fingerprint density at radius 2 is 2.23 bits per heavy atom. The second kappa shape index (κ2) is 7.09. The maximum atomic E-state index is 5.87. The molecule has 3 heterocycles. The lowest BCUT2D eigenvalue weighted by Gasteiger charge is -2.32. The second-order valence-electron chi connectivity index (χ2n) is 6.88. The number of benzene rings is 1. The molecule has 2 aromatic heterocycles. The van der Waals surface area contributed by atoms with E-state index >= 15 is 0 Å². The quantitative estimate of drug-likeness (QED) is 0.285. The molecule has 1 saturated heterocycles. The van der Waals surface area contributed by atoms with Crippen molar-refractivity contribution < 1.29 is 0 Å². The highest BCUT2D eigenvalue weighted by Gasteiger charge is 2.19. The fourth-order valence-electron chi connectivity index (χ4n) is 3.70. The summed E-state index contributed by atoms with van der Waals surface area (Å²) in [6.45, 7) is 2.08. The fraction of sp³-hybridized carbons (Fsp3) is 0.368. The molecule has 6 nitrogen and oxygen atoms in total. The Hall–Kier alpha value is -2.38. The predicted octanol–water partition coefficient (Wildman–Crippen LogP) is 2.92. The van der Waals surface area contributed by atoms with Crippen LogP contribution >= 0.6 is 11.3 Å². The third kappa shape index (κ3) is 3.08. The minimum absolute atomic E-state index is 0.317. The summed E-state index contributed by atoms with van der Waals surface area (Å²) in [6, 6.07) is 8.65. The van der Waals surface area contributed by atoms with Gasteiger partial charge in [0, 0.05) is 28.9 Å². The first-order chi connectivity index (χ1) is 12.7. The number of fused-ring (bicyclic) bond motifs is 3. The van der Waals surface area contributed by atoms with Crippen LogP contribution in [0.25, 0.3) is 21.0 Å². The van der Waals surface area contributed by atoms with Crippen LogP contribution in [-0.4, -0.2) is 41.9 Å². The zero-order valence-electron chi connectivity index (χ0n) is 14.9. The molecule has 1 aliphatic rings. The van der Waals surface area contributed by atoms with Crippen molar-refractivity contribution in [3.63, 3.8) is 0 Å². The molecule has 5 N–H and O–H groups in total. The second-order valence-corrected chi connectivity index (χ2v) is 7.80. The Morgan fingerprint density at radius 3 is 3.04 bits per heavy atom. The molecule has 1 unspecified atom stereocenters. The van der Waals surface area contributed by atoms with Gasteiger partial charge in [0.1, 0.15) is 11.7 Å². The average Bonchev–Trinajstić information content (AvgIpc) is 3.16. The van der Waals surface area contributed by atoms with Crippen molar-refractivity contribution in [3.05, 3.63) is 35.2 Å². The van der Waals surface area contributed by atoms with Gasteiger partial charge in [0.25, 0.3) is 0 Å². The topological polar surface area (TPSA) is 92.6 Å². The van der Waals surface area contributed by atoms with Gasteiger partial charge in [-0.2, -0.15) is 5.10 Å². The number of likely N-dealkylation sites (tertiary alicyclic amines) is 1. The van der Waals surface area contributed by atoms with E-state index in [2.05, 4.69) is 33.8 Å². The number of hydrazone groups is 1. The molecule has 0 bridgehead atoms. The zero-order valence-corrected chi connectivity index (χ0v) is 15.7. The van der Waals surface area contributed by atoms with Crippen molar-refractivity contribution in [2.75, 3.05) is 25.5 Å². The van der Waals surface area contributed by atoms with E-state index in [1.807, 2.05) is 18.2 Å².